The lowest BCUT2D eigenvalue weighted by molar-refractivity contribution is 0.0698. The zero-order chi connectivity index (χ0) is 18.4. The maximum absolute atomic E-state index is 12.1. The highest BCUT2D eigenvalue weighted by atomic mass is 16.4. The zero-order valence-corrected chi connectivity index (χ0v) is 14.7. The summed E-state index contributed by atoms with van der Waals surface area (Å²) in [4.78, 5) is 12.1. The van der Waals surface area contributed by atoms with Crippen LogP contribution in [0.25, 0.3) is 21.9 Å². The Labute approximate surface area is 157 Å². The molecule has 0 fully saturated rings. The monoisotopic (exact) mass is 350 g/mol. The fourth-order valence-electron chi connectivity index (χ4n) is 4.44. The highest BCUT2D eigenvalue weighted by Gasteiger charge is 2.29. The highest BCUT2D eigenvalue weighted by molar-refractivity contribution is 6.05. The molecule has 27 heavy (non-hydrogen) atoms. The summed E-state index contributed by atoms with van der Waals surface area (Å²) in [6.07, 6.45) is 0.681. The number of aromatic carboxylic acids is 1. The van der Waals surface area contributed by atoms with E-state index in [0.29, 0.717) is 12.0 Å². The van der Waals surface area contributed by atoms with Crippen LogP contribution in [0.1, 0.15) is 33.0 Å². The van der Waals surface area contributed by atoms with Crippen molar-refractivity contribution >= 4 is 16.7 Å². The SMILES string of the molecule is O=C(O)c1c(CC2c3ccccc3-c3ccccc32)ccc2ccccc12. The predicted octanol–water partition coefficient (Wildman–Crippen LogP) is 5.89. The van der Waals surface area contributed by atoms with E-state index in [2.05, 4.69) is 48.5 Å². The minimum Gasteiger partial charge on any atom is -0.478 e. The van der Waals surface area contributed by atoms with E-state index in [-0.39, 0.29) is 5.92 Å². The quantitative estimate of drug-likeness (QED) is 0.500. The van der Waals surface area contributed by atoms with Crippen molar-refractivity contribution < 1.29 is 9.90 Å². The van der Waals surface area contributed by atoms with Crippen molar-refractivity contribution in [2.45, 2.75) is 12.3 Å². The number of carboxylic acids is 1. The van der Waals surface area contributed by atoms with E-state index in [1.807, 2.05) is 36.4 Å². The van der Waals surface area contributed by atoms with Crippen molar-refractivity contribution in [1.82, 2.24) is 0 Å². The first kappa shape index (κ1) is 15.8. The van der Waals surface area contributed by atoms with Crippen LogP contribution in [0.15, 0.2) is 84.9 Å². The second-order valence-electron chi connectivity index (χ2n) is 7.06. The Hall–Kier alpha value is -3.39. The second-order valence-corrected chi connectivity index (χ2v) is 7.06. The third-order valence-electron chi connectivity index (χ3n) is 5.62. The lowest BCUT2D eigenvalue weighted by atomic mass is 9.87. The van der Waals surface area contributed by atoms with Crippen LogP contribution in [-0.4, -0.2) is 11.1 Å². The van der Waals surface area contributed by atoms with Gasteiger partial charge in [0.2, 0.25) is 0 Å². The van der Waals surface area contributed by atoms with Crippen LogP contribution < -0.4 is 0 Å². The number of carbonyl (C=O) groups is 1. The molecule has 2 heteroatoms. The van der Waals surface area contributed by atoms with Crippen LogP contribution in [0.3, 0.4) is 0 Å². The van der Waals surface area contributed by atoms with Crippen LogP contribution in [0.2, 0.25) is 0 Å². The van der Waals surface area contributed by atoms with Gasteiger partial charge in [-0.1, -0.05) is 84.9 Å². The van der Waals surface area contributed by atoms with Gasteiger partial charge in [-0.3, -0.25) is 0 Å². The van der Waals surface area contributed by atoms with Crippen molar-refractivity contribution in [3.05, 3.63) is 107 Å². The molecule has 0 atom stereocenters. The Balaban J connectivity index is 1.68. The Kier molecular flexibility index (Phi) is 3.58. The van der Waals surface area contributed by atoms with Crippen molar-refractivity contribution in [1.29, 1.82) is 0 Å². The van der Waals surface area contributed by atoms with Gasteiger partial charge in [-0.2, -0.15) is 0 Å². The lowest BCUT2D eigenvalue weighted by Gasteiger charge is -2.16. The van der Waals surface area contributed by atoms with Gasteiger partial charge in [-0.05, 0) is 45.0 Å². The summed E-state index contributed by atoms with van der Waals surface area (Å²) in [5, 5.41) is 11.7. The van der Waals surface area contributed by atoms with Crippen LogP contribution in [0.4, 0.5) is 0 Å². The standard InChI is InChI=1S/C25H18O2/c26-25(27)24-17(14-13-16-7-1-2-8-18(16)24)15-23-21-11-5-3-9-19(21)20-10-4-6-12-22(20)23/h1-14,23H,15H2,(H,26,27). The fourth-order valence-corrected chi connectivity index (χ4v) is 4.44. The molecule has 2 nitrogen and oxygen atoms in total. The van der Waals surface area contributed by atoms with Gasteiger partial charge in [0.15, 0.2) is 0 Å². The molecule has 0 bridgehead atoms. The second kappa shape index (κ2) is 6.10. The summed E-state index contributed by atoms with van der Waals surface area (Å²) in [6.45, 7) is 0. The van der Waals surface area contributed by atoms with Crippen LogP contribution in [0, 0.1) is 0 Å². The molecule has 4 aromatic rings. The van der Waals surface area contributed by atoms with Crippen molar-refractivity contribution in [3.8, 4) is 11.1 Å². The van der Waals surface area contributed by atoms with Gasteiger partial charge in [0, 0.05) is 5.92 Å². The van der Waals surface area contributed by atoms with Gasteiger partial charge in [-0.15, -0.1) is 0 Å². The number of benzene rings is 4. The van der Waals surface area contributed by atoms with E-state index >= 15 is 0 Å². The maximum atomic E-state index is 12.1. The summed E-state index contributed by atoms with van der Waals surface area (Å²) >= 11 is 0. The average molecular weight is 350 g/mol. The maximum Gasteiger partial charge on any atom is 0.336 e. The molecule has 5 rings (SSSR count). The van der Waals surface area contributed by atoms with E-state index in [0.717, 1.165) is 16.3 Å². The molecule has 1 N–H and O–H groups in total. The largest absolute Gasteiger partial charge is 0.478 e. The Morgan fingerprint density at radius 2 is 1.33 bits per heavy atom. The Bertz CT molecular complexity index is 1140. The number of hydrogen-bond acceptors (Lipinski definition) is 1. The zero-order valence-electron chi connectivity index (χ0n) is 14.7. The first-order valence-corrected chi connectivity index (χ1v) is 9.16. The topological polar surface area (TPSA) is 37.3 Å². The van der Waals surface area contributed by atoms with E-state index < -0.39 is 5.97 Å². The Morgan fingerprint density at radius 1 is 0.741 bits per heavy atom. The molecule has 0 saturated heterocycles. The number of fused-ring (bicyclic) bond motifs is 4. The van der Waals surface area contributed by atoms with E-state index in [1.54, 1.807) is 0 Å². The molecular weight excluding hydrogens is 332 g/mol. The third-order valence-corrected chi connectivity index (χ3v) is 5.62. The molecule has 1 aliphatic rings. The van der Waals surface area contributed by atoms with Crippen LogP contribution in [0.5, 0.6) is 0 Å². The van der Waals surface area contributed by atoms with E-state index in [1.165, 1.54) is 22.3 Å². The fraction of sp³-hybridized carbons (Fsp3) is 0.0800. The molecular formula is C25H18O2. The van der Waals surface area contributed by atoms with Crippen molar-refractivity contribution in [2.24, 2.45) is 0 Å². The molecule has 0 aromatic heterocycles. The first-order valence-electron chi connectivity index (χ1n) is 9.16. The molecule has 0 spiro atoms. The number of rotatable bonds is 3. The van der Waals surface area contributed by atoms with Gasteiger partial charge in [0.05, 0.1) is 5.56 Å². The van der Waals surface area contributed by atoms with Gasteiger partial charge in [0.1, 0.15) is 0 Å². The number of hydrogen-bond donors (Lipinski definition) is 1. The first-order chi connectivity index (χ1) is 13.2. The molecule has 0 unspecified atom stereocenters. The highest BCUT2D eigenvalue weighted by Crippen LogP contribution is 2.46. The van der Waals surface area contributed by atoms with Crippen LogP contribution in [-0.2, 0) is 6.42 Å². The average Bonchev–Trinajstić information content (AvgIpc) is 3.02. The number of carboxylic acid groups (broad SMARTS) is 1. The molecule has 0 saturated carbocycles. The van der Waals surface area contributed by atoms with E-state index in [4.69, 9.17) is 0 Å². The van der Waals surface area contributed by atoms with Gasteiger partial charge < -0.3 is 5.11 Å². The lowest BCUT2D eigenvalue weighted by Crippen LogP contribution is -2.08. The molecule has 0 amide bonds. The van der Waals surface area contributed by atoms with E-state index in [9.17, 15) is 9.90 Å². The summed E-state index contributed by atoms with van der Waals surface area (Å²) in [6, 6.07) is 28.6. The third kappa shape index (κ3) is 2.45. The van der Waals surface area contributed by atoms with Crippen molar-refractivity contribution in [2.75, 3.05) is 0 Å². The van der Waals surface area contributed by atoms with Gasteiger partial charge in [0.25, 0.3) is 0 Å². The Morgan fingerprint density at radius 3 is 2.00 bits per heavy atom. The smallest absolute Gasteiger partial charge is 0.336 e. The van der Waals surface area contributed by atoms with Crippen LogP contribution >= 0.6 is 0 Å². The molecule has 4 aromatic carbocycles. The normalized spacial score (nSPS) is 12.7. The summed E-state index contributed by atoms with van der Waals surface area (Å²) in [5.41, 5.74) is 6.39. The predicted molar refractivity (Wildman–Crippen MR) is 108 cm³/mol. The molecule has 0 aliphatic heterocycles. The molecule has 130 valence electrons. The minimum absolute atomic E-state index is 0.177. The van der Waals surface area contributed by atoms with Crippen molar-refractivity contribution in [3.63, 3.8) is 0 Å². The molecule has 1 aliphatic carbocycles. The summed E-state index contributed by atoms with van der Waals surface area (Å²) in [7, 11) is 0. The minimum atomic E-state index is -0.860. The van der Waals surface area contributed by atoms with Gasteiger partial charge >= 0.3 is 5.97 Å². The summed E-state index contributed by atoms with van der Waals surface area (Å²) < 4.78 is 0. The summed E-state index contributed by atoms with van der Waals surface area (Å²) in [5.74, 6) is -0.682. The van der Waals surface area contributed by atoms with Gasteiger partial charge in [-0.25, -0.2) is 4.79 Å². The molecule has 0 radical (unpaired) electrons. The molecule has 0 heterocycles.